The molecule has 6 heteroatoms. The monoisotopic (exact) mass is 1140 g/mol. The van der Waals surface area contributed by atoms with E-state index >= 15 is 0 Å². The minimum atomic E-state index is 1.23. The fourth-order valence-electron chi connectivity index (χ4n) is 9.77. The molecule has 0 aliphatic carbocycles. The molecule has 0 saturated carbocycles. The molecule has 0 aliphatic rings. The number of benzene rings is 8. The molecule has 404 valence electrons. The first kappa shape index (κ1) is 57.8. The smallest absolute Gasteiger partial charge is 0.0361 e. The molecule has 1 nitrogen and oxygen atoms in total. The van der Waals surface area contributed by atoms with Gasteiger partial charge in [0.15, 0.2) is 0 Å². The van der Waals surface area contributed by atoms with Gasteiger partial charge in [-0.15, -0.1) is 56.7 Å². The van der Waals surface area contributed by atoms with Gasteiger partial charge in [0.25, 0.3) is 0 Å². The van der Waals surface area contributed by atoms with Crippen LogP contribution >= 0.6 is 56.7 Å². The summed E-state index contributed by atoms with van der Waals surface area (Å²) in [5.74, 6) is 0. The lowest BCUT2D eigenvalue weighted by Crippen LogP contribution is -2.07. The molecular weight excluding hydrogens is 1060 g/mol. The highest BCUT2D eigenvalue weighted by molar-refractivity contribution is 7.20. The van der Waals surface area contributed by atoms with E-state index in [4.69, 9.17) is 0 Å². The predicted molar refractivity (Wildman–Crippen MR) is 367 cm³/mol. The molecule has 0 radical (unpaired) electrons. The van der Waals surface area contributed by atoms with Crippen LogP contribution in [-0.2, 0) is 0 Å². The number of nitrogens with zero attached hydrogens (tertiary/aromatic N) is 1. The van der Waals surface area contributed by atoms with Crippen LogP contribution in [0.15, 0.2) is 176 Å². The number of fused-ring (bicyclic) bond motifs is 5. The molecule has 0 spiro atoms. The number of aryl methyl sites for hydroxylation is 12. The summed E-state index contributed by atoms with van der Waals surface area (Å²) in [6.45, 7) is 26.3. The van der Waals surface area contributed by atoms with Crippen LogP contribution in [0.1, 0.15) is 74.5 Å². The minimum absolute atomic E-state index is 1.23. The Morgan fingerprint density at radius 3 is 1.16 bits per heavy atom. The minimum Gasteiger partial charge on any atom is -0.378 e. The standard InChI is InChI=1S/C20H21NS.2C16H14S.2C11H12S/c1-14-15(2)22-20-13-17(9-12-19(14)20)6-5-16-7-10-18(11-8-16)21(3)4;1-11-12(2)17-16-9-8-14(10-15(11)16)13-6-4-3-5-7-13;1-11-12(2)17-16-10-14(8-9-15(11)16)13-6-4-3-5-7-13;1-7-4-5-11-10(6-7)8(2)9(3)12-11;1-7-4-5-10-8(2)9(3)12-11(10)6-7/h5-13H,1-4H3;2*3-10H,1-2H3;2*4-6H,1-3H3/b6-5+;;;;. The van der Waals surface area contributed by atoms with Crippen molar-refractivity contribution in [2.24, 2.45) is 0 Å². The average molecular weight is 1140 g/mol. The van der Waals surface area contributed by atoms with Gasteiger partial charge in [0.1, 0.15) is 0 Å². The van der Waals surface area contributed by atoms with Gasteiger partial charge < -0.3 is 4.90 Å². The highest BCUT2D eigenvalue weighted by Gasteiger charge is 2.10. The summed E-state index contributed by atoms with van der Waals surface area (Å²) in [5.41, 5.74) is 18.7. The fraction of sp³-hybridized carbons (Fsp3) is 0.189. The zero-order chi connectivity index (χ0) is 56.8. The molecule has 0 unspecified atom stereocenters. The Morgan fingerprint density at radius 2 is 0.637 bits per heavy atom. The van der Waals surface area contributed by atoms with Crippen LogP contribution in [0.2, 0.25) is 0 Å². The summed E-state index contributed by atoms with van der Waals surface area (Å²) in [6.07, 6.45) is 4.36. The van der Waals surface area contributed by atoms with Gasteiger partial charge in [-0.2, -0.15) is 0 Å². The van der Waals surface area contributed by atoms with E-state index in [0.717, 1.165) is 0 Å². The molecule has 13 aromatic rings. The summed E-state index contributed by atoms with van der Waals surface area (Å²) >= 11 is 9.43. The quantitative estimate of drug-likeness (QED) is 0.155. The van der Waals surface area contributed by atoms with Gasteiger partial charge in [-0.3, -0.25) is 0 Å². The van der Waals surface area contributed by atoms with E-state index in [9.17, 15) is 0 Å². The Bertz CT molecular complexity index is 4270. The van der Waals surface area contributed by atoms with E-state index in [1.54, 1.807) is 0 Å². The summed E-state index contributed by atoms with van der Waals surface area (Å²) in [7, 11) is 4.12. The lowest BCUT2D eigenvalue weighted by Gasteiger charge is -2.11. The number of anilines is 1. The molecule has 0 bridgehead atoms. The van der Waals surface area contributed by atoms with Gasteiger partial charge >= 0.3 is 0 Å². The van der Waals surface area contributed by atoms with Crippen molar-refractivity contribution in [1.82, 2.24) is 0 Å². The first-order valence-electron chi connectivity index (χ1n) is 27.4. The van der Waals surface area contributed by atoms with Crippen molar-refractivity contribution in [2.75, 3.05) is 19.0 Å². The van der Waals surface area contributed by atoms with Crippen molar-refractivity contribution in [2.45, 2.75) is 83.1 Å². The van der Waals surface area contributed by atoms with Crippen LogP contribution in [0.25, 0.3) is 84.8 Å². The molecule has 5 heterocycles. The van der Waals surface area contributed by atoms with Crippen molar-refractivity contribution < 1.29 is 0 Å². The van der Waals surface area contributed by atoms with E-state index < -0.39 is 0 Å². The van der Waals surface area contributed by atoms with E-state index in [-0.39, 0.29) is 0 Å². The number of rotatable bonds is 5. The summed E-state index contributed by atoms with van der Waals surface area (Å²) < 4.78 is 6.99. The van der Waals surface area contributed by atoms with Gasteiger partial charge in [-0.05, 0) is 225 Å². The van der Waals surface area contributed by atoms with E-state index in [0.29, 0.717) is 0 Å². The summed E-state index contributed by atoms with van der Waals surface area (Å²) in [4.78, 5) is 9.25. The highest BCUT2D eigenvalue weighted by atomic mass is 32.1. The van der Waals surface area contributed by atoms with Crippen LogP contribution < -0.4 is 4.90 Å². The predicted octanol–water partition coefficient (Wildman–Crippen LogP) is 23.8. The third-order valence-electron chi connectivity index (χ3n) is 15.3. The van der Waals surface area contributed by atoms with E-state index in [2.05, 4.69) is 290 Å². The molecule has 0 amide bonds. The second-order valence-electron chi connectivity index (χ2n) is 21.1. The molecule has 0 fully saturated rings. The number of hydrogen-bond acceptors (Lipinski definition) is 6. The van der Waals surface area contributed by atoms with Crippen molar-refractivity contribution in [3.63, 3.8) is 0 Å². The molecule has 0 atom stereocenters. The van der Waals surface area contributed by atoms with E-state index in [1.165, 1.54) is 153 Å². The molecule has 0 saturated heterocycles. The fourth-order valence-corrected chi connectivity index (χ4v) is 15.3. The molecule has 8 aromatic carbocycles. The van der Waals surface area contributed by atoms with Gasteiger partial charge in [-0.1, -0.05) is 145 Å². The Morgan fingerprint density at radius 1 is 0.275 bits per heavy atom. The maximum absolute atomic E-state index is 2.31. The molecule has 80 heavy (non-hydrogen) atoms. The first-order chi connectivity index (χ1) is 38.4. The summed E-state index contributed by atoms with van der Waals surface area (Å²) in [6, 6.07) is 63.3. The average Bonchev–Trinajstić information content (AvgIpc) is 4.21. The van der Waals surface area contributed by atoms with Crippen LogP contribution in [-0.4, -0.2) is 14.1 Å². The lowest BCUT2D eigenvalue weighted by molar-refractivity contribution is 1.13. The van der Waals surface area contributed by atoms with E-state index in [1.807, 2.05) is 56.7 Å². The molecular formula is C74H73NS5. The van der Waals surface area contributed by atoms with Gasteiger partial charge in [0, 0.05) is 67.7 Å². The number of hydrogen-bond donors (Lipinski definition) is 0. The van der Waals surface area contributed by atoms with Gasteiger partial charge in [-0.25, -0.2) is 0 Å². The van der Waals surface area contributed by atoms with Crippen LogP contribution in [0.5, 0.6) is 0 Å². The maximum atomic E-state index is 2.31. The zero-order valence-corrected chi connectivity index (χ0v) is 53.0. The lowest BCUT2D eigenvalue weighted by atomic mass is 10.0. The van der Waals surface area contributed by atoms with Crippen molar-refractivity contribution in [3.8, 4) is 22.3 Å². The molecule has 5 aromatic heterocycles. The SMILES string of the molecule is Cc1ccc2c(C)c(C)sc2c1.Cc1ccc2sc(C)c(C)c2c1.Cc1sc2cc(-c3ccccc3)ccc2c1C.Cc1sc2cc(/C=C/c3ccc(N(C)C)cc3)ccc2c1C.Cc1sc2ccc(-c3ccccc3)cc2c1C. The van der Waals surface area contributed by atoms with Crippen molar-refractivity contribution in [3.05, 3.63) is 250 Å². The Balaban J connectivity index is 0.000000123. The summed E-state index contributed by atoms with van der Waals surface area (Å²) in [5, 5.41) is 7.02. The normalized spacial score (nSPS) is 11.1. The highest BCUT2D eigenvalue weighted by Crippen LogP contribution is 2.37. The van der Waals surface area contributed by atoms with Crippen LogP contribution in [0.4, 0.5) is 5.69 Å². The number of thiophene rings is 5. The van der Waals surface area contributed by atoms with Crippen molar-refractivity contribution >= 4 is 125 Å². The topological polar surface area (TPSA) is 3.24 Å². The first-order valence-corrected chi connectivity index (χ1v) is 31.5. The maximum Gasteiger partial charge on any atom is 0.0361 e. The molecule has 0 N–H and O–H groups in total. The third kappa shape index (κ3) is 13.5. The Labute approximate surface area is 495 Å². The van der Waals surface area contributed by atoms with Gasteiger partial charge in [0.05, 0.1) is 0 Å². The zero-order valence-electron chi connectivity index (χ0n) is 48.9. The van der Waals surface area contributed by atoms with Crippen LogP contribution in [0, 0.1) is 83.1 Å². The second-order valence-corrected chi connectivity index (χ2v) is 27.4. The Hall–Kier alpha value is -6.90. The van der Waals surface area contributed by atoms with Crippen LogP contribution in [0.3, 0.4) is 0 Å². The van der Waals surface area contributed by atoms with Crippen molar-refractivity contribution in [1.29, 1.82) is 0 Å². The molecule has 13 rings (SSSR count). The second kappa shape index (κ2) is 25.7. The third-order valence-corrected chi connectivity index (χ3v) is 21.2. The molecule has 0 aliphatic heterocycles. The Kier molecular flexibility index (Phi) is 18.6. The van der Waals surface area contributed by atoms with Gasteiger partial charge in [0.2, 0.25) is 0 Å². The largest absolute Gasteiger partial charge is 0.378 e.